The molecule has 4 unspecified atom stereocenters. The van der Waals surface area contributed by atoms with Gasteiger partial charge in [-0.1, -0.05) is 0 Å². The van der Waals surface area contributed by atoms with Crippen molar-refractivity contribution in [1.29, 1.82) is 0 Å². The van der Waals surface area contributed by atoms with E-state index in [2.05, 4.69) is 86.7 Å². The van der Waals surface area contributed by atoms with Gasteiger partial charge in [-0.15, -0.1) is 0 Å². The zero-order valence-electron chi connectivity index (χ0n) is 52.0. The molecule has 558 valence electrons. The molecule has 0 bridgehead atoms. The molecule has 19 N–H and O–H groups in total. The first kappa shape index (κ1) is 74.2. The minimum atomic E-state index is -5.56. The second kappa shape index (κ2) is 29.0. The Bertz CT molecular complexity index is 5100. The number of aliphatic hydroxyl groups excluding tert-OH is 2. The quantitative estimate of drug-likeness (QED) is 0.0209. The molecule has 19 atom stereocenters. The highest BCUT2D eigenvalue weighted by molar-refractivity contribution is 9.10. The molecular weight excluding hydrogens is 1600 g/mol. The van der Waals surface area contributed by atoms with Gasteiger partial charge >= 0.3 is 42.7 Å². The number of fused-ring (bicyclic) bond motifs is 3. The number of phosphoric ester groups is 4. The number of rotatable bonds is 26. The van der Waals surface area contributed by atoms with E-state index in [0.29, 0.717) is 0 Å². The number of imidazole rings is 3. The van der Waals surface area contributed by atoms with Crippen LogP contribution in [0.4, 0.5) is 29.5 Å². The van der Waals surface area contributed by atoms with Crippen molar-refractivity contribution in [2.45, 2.75) is 124 Å². The fourth-order valence-corrected chi connectivity index (χ4v) is 16.9. The molecule has 0 aliphatic carbocycles. The summed E-state index contributed by atoms with van der Waals surface area (Å²) in [6.45, 7) is -4.71. The Morgan fingerprint density at radius 3 is 1.22 bits per heavy atom. The Morgan fingerprint density at radius 2 is 0.806 bits per heavy atom. The molecule has 5 aliphatic rings. The number of phosphoric acid groups is 4. The van der Waals surface area contributed by atoms with Crippen molar-refractivity contribution < 1.29 is 108 Å². The van der Waals surface area contributed by atoms with Gasteiger partial charge in [0.15, 0.2) is 43.0 Å². The van der Waals surface area contributed by atoms with Crippen molar-refractivity contribution >= 4 is 126 Å². The summed E-state index contributed by atoms with van der Waals surface area (Å²) in [5.41, 5.74) is 23.9. The van der Waals surface area contributed by atoms with E-state index in [9.17, 15) is 72.0 Å². The molecule has 0 radical (unpaired) electrons. The number of hydrogen-bond acceptors (Lipinski definition) is 37. The van der Waals surface area contributed by atoms with Crippen LogP contribution in [0.2, 0.25) is 0 Å². The number of aromatic amines is 3. The van der Waals surface area contributed by atoms with E-state index < -0.39 is 204 Å². The molecule has 5 fully saturated rings. The van der Waals surface area contributed by atoms with Gasteiger partial charge in [0.25, 0.3) is 16.7 Å². The number of nitrogens with two attached hydrogens (primary N) is 5. The Kier molecular flexibility index (Phi) is 20.9. The van der Waals surface area contributed by atoms with Crippen molar-refractivity contribution in [2.24, 2.45) is 0 Å². The highest BCUT2D eigenvalue weighted by Crippen LogP contribution is 2.55. The van der Waals surface area contributed by atoms with Crippen molar-refractivity contribution in [1.82, 2.24) is 77.7 Å². The number of anilines is 5. The van der Waals surface area contributed by atoms with Crippen LogP contribution in [0.15, 0.2) is 64.3 Å². The zero-order valence-corrected chi connectivity index (χ0v) is 58.8. The molecule has 0 aromatic carbocycles. The molecule has 13 heterocycles. The van der Waals surface area contributed by atoms with Crippen molar-refractivity contribution in [3.05, 3.63) is 92.4 Å². The Morgan fingerprint density at radius 1 is 0.466 bits per heavy atom. The highest BCUT2D eigenvalue weighted by atomic mass is 79.9. The van der Waals surface area contributed by atoms with E-state index in [0.717, 1.165) is 9.13 Å². The number of halogens is 2. The number of aliphatic hydroxyl groups is 2. The first-order valence-corrected chi connectivity index (χ1v) is 37.7. The summed E-state index contributed by atoms with van der Waals surface area (Å²) in [7, 11) is -21.7. The van der Waals surface area contributed by atoms with Gasteiger partial charge in [-0.3, -0.25) is 88.4 Å². The first-order valence-electron chi connectivity index (χ1n) is 30.1. The fraction of sp³-hybridized carbons (Fsp3) is 0.521. The lowest BCUT2D eigenvalue weighted by Gasteiger charge is -2.25. The van der Waals surface area contributed by atoms with Gasteiger partial charge in [0.1, 0.15) is 97.7 Å². The summed E-state index contributed by atoms with van der Waals surface area (Å²) in [5.74, 6) is -1.29. The van der Waals surface area contributed by atoms with Crippen molar-refractivity contribution in [3.8, 4) is 0 Å². The predicted octanol–water partition coefficient (Wildman–Crippen LogP) is -1.86. The van der Waals surface area contributed by atoms with Crippen LogP contribution in [0.5, 0.6) is 0 Å². The summed E-state index contributed by atoms with van der Waals surface area (Å²) in [5, 5.41) is 21.2. The molecular formula is C48H59Br2N21O28P4. The van der Waals surface area contributed by atoms with Gasteiger partial charge in [0.05, 0.1) is 45.5 Å². The normalized spacial score (nSPS) is 29.1. The van der Waals surface area contributed by atoms with E-state index in [-0.39, 0.29) is 85.3 Å². The van der Waals surface area contributed by atoms with Gasteiger partial charge in [0, 0.05) is 44.5 Å². The minimum Gasteiger partial charge on any atom is -0.394 e. The van der Waals surface area contributed by atoms with E-state index in [1.807, 2.05) is 0 Å². The highest BCUT2D eigenvalue weighted by Gasteiger charge is 2.50. The van der Waals surface area contributed by atoms with Crippen LogP contribution in [-0.2, 0) is 78.1 Å². The predicted molar refractivity (Wildman–Crippen MR) is 347 cm³/mol. The summed E-state index contributed by atoms with van der Waals surface area (Å²) < 4.78 is 135. The smallest absolute Gasteiger partial charge is 0.394 e. The third-order valence-electron chi connectivity index (χ3n) is 16.5. The maximum Gasteiger partial charge on any atom is 0.472 e. The standard InChI is InChI=1S/C48H59Br2N21O28P4/c49-42-59-34-37(62-45(54)65-40(34)75)70(42)31-5-16(73)22(92-31)11-87-100(79,80)97-18-7-28(67-3-1-26(51)57-47(67)77)94-24(18)13-89-103(85,86)99-20-9-32(71-38-35(60-43(71)50)41(76)66-46(55)63-38)95-25(20)14-90-102(83,84)98-19-8-29(68-4-2-27(52)58-48(68)78)93-23(19)12-88-101(81,82)96-17-6-30(91-21(17)10-72)69-15-56-33-36(69)61-44(53)64-39(33)74/h1-4,15-25,28-32,72-73H,5-14H2,(H,79,80)(H,81,82)(H,83,84)(H,85,86)(H2,51,57,77)(H2,52,58,78)(H3,53,61,64,74)(H3,54,62,65,75)(H3,55,63,66,76)/t16-,17-,18-,19-,20-,21+,22+,23+,24+,25+,28+,29+,30+,31+,32+/m0/s1. The molecule has 0 spiro atoms. The number of nitrogens with zero attached hydrogens (tertiary/aromatic N) is 13. The van der Waals surface area contributed by atoms with Gasteiger partial charge in [0.2, 0.25) is 17.8 Å². The van der Waals surface area contributed by atoms with E-state index in [1.54, 1.807) is 0 Å². The Hall–Kier alpha value is -7.07. The summed E-state index contributed by atoms with van der Waals surface area (Å²) in [6.07, 6.45) is -20.4. The third kappa shape index (κ3) is 16.1. The van der Waals surface area contributed by atoms with E-state index in [1.165, 1.54) is 44.6 Å². The molecule has 5 saturated heterocycles. The second-order valence-electron chi connectivity index (χ2n) is 23.3. The monoisotopic (exact) mass is 1660 g/mol. The van der Waals surface area contributed by atoms with E-state index >= 15 is 0 Å². The summed E-state index contributed by atoms with van der Waals surface area (Å²) >= 11 is 6.48. The van der Waals surface area contributed by atoms with Crippen LogP contribution in [0, 0.1) is 0 Å². The maximum atomic E-state index is 14.3. The average Bonchev–Trinajstić information content (AvgIpc) is 1.62. The van der Waals surface area contributed by atoms with Crippen LogP contribution < -0.4 is 56.7 Å². The lowest BCUT2D eigenvalue weighted by molar-refractivity contribution is -0.0643. The minimum absolute atomic E-state index is 0.0236. The van der Waals surface area contributed by atoms with Gasteiger partial charge in [-0.25, -0.2) is 42.8 Å². The molecule has 55 heteroatoms. The number of nitrogen functional groups attached to an aromatic ring is 5. The summed E-state index contributed by atoms with van der Waals surface area (Å²) in [4.78, 5) is 148. The number of ether oxygens (including phenoxy) is 5. The van der Waals surface area contributed by atoms with Gasteiger partial charge in [-0.2, -0.15) is 24.9 Å². The van der Waals surface area contributed by atoms with Crippen molar-refractivity contribution in [3.63, 3.8) is 0 Å². The largest absolute Gasteiger partial charge is 0.472 e. The van der Waals surface area contributed by atoms with Crippen LogP contribution in [0.25, 0.3) is 33.5 Å². The molecule has 0 amide bonds. The third-order valence-corrected chi connectivity index (χ3v) is 21.7. The maximum absolute atomic E-state index is 14.3. The van der Waals surface area contributed by atoms with Crippen LogP contribution >= 0.6 is 63.2 Å². The lowest BCUT2D eigenvalue weighted by atomic mass is 10.2. The number of H-pyrrole nitrogens is 3. The molecule has 49 nitrogen and oxygen atoms in total. The number of hydrogen-bond donors (Lipinski definition) is 14. The number of aromatic nitrogens is 16. The molecule has 8 aromatic rings. The molecule has 0 saturated carbocycles. The van der Waals surface area contributed by atoms with Gasteiger partial charge < -0.3 is 82.1 Å². The lowest BCUT2D eigenvalue weighted by Crippen LogP contribution is -2.32. The topological polar surface area (TPSA) is 700 Å². The van der Waals surface area contributed by atoms with E-state index in [4.69, 9.17) is 88.5 Å². The zero-order chi connectivity index (χ0) is 73.5. The van der Waals surface area contributed by atoms with Crippen LogP contribution in [0.3, 0.4) is 0 Å². The Balaban J connectivity index is 0.701. The van der Waals surface area contributed by atoms with Crippen LogP contribution in [-0.4, -0.2) is 202 Å². The fourth-order valence-electron chi connectivity index (χ4n) is 11.9. The average molecular weight is 1660 g/mol. The molecule has 8 aromatic heterocycles. The molecule has 13 rings (SSSR count). The van der Waals surface area contributed by atoms with Crippen LogP contribution in [0.1, 0.15) is 63.2 Å². The van der Waals surface area contributed by atoms with Gasteiger partial charge in [-0.05, 0) is 44.0 Å². The molecule has 5 aliphatic heterocycles. The Labute approximate surface area is 587 Å². The van der Waals surface area contributed by atoms with Crippen molar-refractivity contribution in [2.75, 3.05) is 61.7 Å². The second-order valence-corrected chi connectivity index (χ2v) is 30.4. The first-order chi connectivity index (χ1) is 48.7. The summed E-state index contributed by atoms with van der Waals surface area (Å²) in [6, 6.07) is 2.44. The number of nitrogens with one attached hydrogen (secondary N) is 3. The SMILES string of the molecule is Nc1ccn([C@H]2C[C@H](OP(=O)(O)OC[C@H]3O[C@@H](n4c(Br)nc5c(=O)[nH]c(N)nc54)C[C@@H]3OP(=O)(O)OC[C@H]3O[C@@H](n4ccc(N)nc4=O)C[C@@H]3OP(=O)(O)OC[C@H]3O[C@@H](n4c(Br)nc5c(=O)[nH]c(N)nc54)C[C@@H]3O)[C@@H](COP(=O)(O)O[C@H]3C[C@H](n4cnc5c(=O)[nH]c(N)nc54)O[C@@H]3CO)O2)c(=O)n1. The molecule has 103 heavy (non-hydrogen) atoms.